The molecular weight excluding hydrogens is 272 g/mol. The van der Waals surface area contributed by atoms with Crippen LogP contribution >= 0.6 is 22.0 Å². The topological polar surface area (TPSA) is 67.3 Å². The summed E-state index contributed by atoms with van der Waals surface area (Å²) in [5.74, 6) is -0.178. The van der Waals surface area contributed by atoms with Crippen LogP contribution in [0.5, 0.6) is 0 Å². The number of nitrogens with zero attached hydrogens (tertiary/aromatic N) is 2. The first-order valence-corrected chi connectivity index (χ1v) is 7.80. The summed E-state index contributed by atoms with van der Waals surface area (Å²) in [6.45, 7) is 0.578. The fourth-order valence-electron chi connectivity index (χ4n) is 1.59. The molecule has 88 valence electrons. The smallest absolute Gasteiger partial charge is 0.237 e. The van der Waals surface area contributed by atoms with Gasteiger partial charge in [-0.1, -0.05) is 0 Å². The molecule has 0 aliphatic carbocycles. The molecule has 5 nitrogen and oxygen atoms in total. The molecule has 0 bridgehead atoms. The zero-order chi connectivity index (χ0) is 11.8. The number of likely N-dealkylation sites (tertiary alicyclic amines) is 1. The van der Waals surface area contributed by atoms with E-state index in [1.807, 2.05) is 0 Å². The van der Waals surface area contributed by atoms with Gasteiger partial charge in [0.25, 0.3) is 0 Å². The molecule has 1 aliphatic heterocycles. The normalized spacial score (nSPS) is 21.7. The third-order valence-corrected chi connectivity index (χ3v) is 5.04. The second kappa shape index (κ2) is 4.31. The maximum Gasteiger partial charge on any atom is 0.237 e. The number of amides is 1. The Kier molecular flexibility index (Phi) is 3.18. The number of hydrogen-bond donors (Lipinski definition) is 0. The molecule has 2 heterocycles. The Bertz CT molecular complexity index is 485. The lowest BCUT2D eigenvalue weighted by Gasteiger charge is -2.14. The minimum atomic E-state index is -3.65. The molecule has 1 atom stereocenters. The van der Waals surface area contributed by atoms with E-state index in [0.29, 0.717) is 6.54 Å². The molecule has 1 fully saturated rings. The van der Waals surface area contributed by atoms with Crippen molar-refractivity contribution in [3.05, 3.63) is 16.6 Å². The van der Waals surface area contributed by atoms with Crippen LogP contribution in [-0.2, 0) is 20.4 Å². The van der Waals surface area contributed by atoms with Gasteiger partial charge in [-0.15, -0.1) is 11.3 Å². The molecule has 1 amide bonds. The summed E-state index contributed by atoms with van der Waals surface area (Å²) < 4.78 is 22.2. The summed E-state index contributed by atoms with van der Waals surface area (Å²) in [5.41, 5.74) is 1.67. The fourth-order valence-corrected chi connectivity index (χ4v) is 3.25. The van der Waals surface area contributed by atoms with Crippen molar-refractivity contribution in [3.8, 4) is 0 Å². The molecule has 1 saturated heterocycles. The number of aromatic nitrogens is 1. The molecular formula is C8H9ClN2O3S2. The van der Waals surface area contributed by atoms with Crippen molar-refractivity contribution < 1.29 is 13.2 Å². The molecule has 0 aromatic carbocycles. The van der Waals surface area contributed by atoms with Gasteiger partial charge in [0.05, 0.1) is 12.1 Å². The highest BCUT2D eigenvalue weighted by molar-refractivity contribution is 8.14. The van der Waals surface area contributed by atoms with E-state index in [-0.39, 0.29) is 18.9 Å². The van der Waals surface area contributed by atoms with Crippen LogP contribution in [0.15, 0.2) is 11.7 Å². The number of rotatable bonds is 3. The Morgan fingerprint density at radius 2 is 2.38 bits per heavy atom. The molecule has 1 aromatic rings. The van der Waals surface area contributed by atoms with Gasteiger partial charge in [-0.25, -0.2) is 8.42 Å². The number of hydrogen-bond acceptors (Lipinski definition) is 5. The van der Waals surface area contributed by atoms with Gasteiger partial charge in [-0.3, -0.25) is 9.78 Å². The van der Waals surface area contributed by atoms with Gasteiger partial charge in [0.1, 0.15) is 5.25 Å². The quantitative estimate of drug-likeness (QED) is 0.769. The summed E-state index contributed by atoms with van der Waals surface area (Å²) >= 11 is 1.43. The number of carbonyl (C=O) groups excluding carboxylic acids is 1. The Hall–Kier alpha value is -0.660. The zero-order valence-electron chi connectivity index (χ0n) is 8.17. The Morgan fingerprint density at radius 3 is 2.88 bits per heavy atom. The fraction of sp³-hybridized carbons (Fsp3) is 0.500. The summed E-state index contributed by atoms with van der Waals surface area (Å²) in [6.07, 6.45) is 1.64. The monoisotopic (exact) mass is 280 g/mol. The molecule has 0 radical (unpaired) electrons. The molecule has 1 aromatic heterocycles. The van der Waals surface area contributed by atoms with E-state index in [1.165, 1.54) is 16.2 Å². The van der Waals surface area contributed by atoms with E-state index in [4.69, 9.17) is 10.7 Å². The molecule has 0 spiro atoms. The average molecular weight is 281 g/mol. The molecule has 0 N–H and O–H groups in total. The molecule has 2 rings (SSSR count). The van der Waals surface area contributed by atoms with Crippen molar-refractivity contribution in [1.82, 2.24) is 9.88 Å². The van der Waals surface area contributed by atoms with Crippen molar-refractivity contribution in [2.45, 2.75) is 18.2 Å². The maximum absolute atomic E-state index is 11.5. The molecule has 0 saturated carbocycles. The van der Waals surface area contributed by atoms with Gasteiger partial charge in [0.15, 0.2) is 0 Å². The predicted molar refractivity (Wildman–Crippen MR) is 60.7 cm³/mol. The number of carbonyl (C=O) groups is 1. The van der Waals surface area contributed by atoms with Crippen LogP contribution in [0.1, 0.15) is 11.3 Å². The van der Waals surface area contributed by atoms with Crippen LogP contribution in [0.3, 0.4) is 0 Å². The minimum absolute atomic E-state index is 0.0232. The Labute approximate surface area is 101 Å². The summed E-state index contributed by atoms with van der Waals surface area (Å²) in [6, 6.07) is 0. The van der Waals surface area contributed by atoms with Gasteiger partial charge in [-0.2, -0.15) is 0 Å². The molecule has 8 heteroatoms. The van der Waals surface area contributed by atoms with Crippen LogP contribution in [0.4, 0.5) is 0 Å². The van der Waals surface area contributed by atoms with Crippen LogP contribution < -0.4 is 0 Å². The Morgan fingerprint density at radius 1 is 1.62 bits per heavy atom. The van der Waals surface area contributed by atoms with Gasteiger partial charge in [0.2, 0.25) is 15.0 Å². The maximum atomic E-state index is 11.5. The van der Waals surface area contributed by atoms with Crippen LogP contribution in [-0.4, -0.2) is 36.0 Å². The second-order valence-electron chi connectivity index (χ2n) is 3.54. The predicted octanol–water partition coefficient (Wildman–Crippen LogP) is 0.813. The molecule has 1 aliphatic rings. The lowest BCUT2D eigenvalue weighted by molar-refractivity contribution is -0.128. The first kappa shape index (κ1) is 11.8. The Balaban J connectivity index is 2.06. The largest absolute Gasteiger partial charge is 0.336 e. The van der Waals surface area contributed by atoms with E-state index in [1.54, 1.807) is 11.7 Å². The van der Waals surface area contributed by atoms with Crippen molar-refractivity contribution in [3.63, 3.8) is 0 Å². The number of thiazole rings is 1. The highest BCUT2D eigenvalue weighted by atomic mass is 35.7. The van der Waals surface area contributed by atoms with Gasteiger partial charge >= 0.3 is 0 Å². The van der Waals surface area contributed by atoms with Crippen LogP contribution in [0, 0.1) is 0 Å². The van der Waals surface area contributed by atoms with Crippen molar-refractivity contribution in [2.24, 2.45) is 0 Å². The first-order chi connectivity index (χ1) is 7.47. The van der Waals surface area contributed by atoms with E-state index < -0.39 is 14.3 Å². The molecule has 16 heavy (non-hydrogen) atoms. The first-order valence-electron chi connectivity index (χ1n) is 4.55. The highest BCUT2D eigenvalue weighted by Crippen LogP contribution is 2.23. The van der Waals surface area contributed by atoms with E-state index >= 15 is 0 Å². The third kappa shape index (κ3) is 2.53. The van der Waals surface area contributed by atoms with Gasteiger partial charge in [0, 0.05) is 34.7 Å². The SMILES string of the molecule is O=C1CC(S(=O)(=O)Cl)CN1Cc1cncs1. The van der Waals surface area contributed by atoms with Crippen LogP contribution in [0.25, 0.3) is 0 Å². The van der Waals surface area contributed by atoms with Gasteiger partial charge < -0.3 is 4.90 Å². The highest BCUT2D eigenvalue weighted by Gasteiger charge is 2.37. The number of halogens is 1. The van der Waals surface area contributed by atoms with E-state index in [2.05, 4.69) is 4.98 Å². The van der Waals surface area contributed by atoms with Crippen LogP contribution in [0.2, 0.25) is 0 Å². The molecule has 1 unspecified atom stereocenters. The standard InChI is InChI=1S/C8H9ClN2O3S2/c9-16(13,14)7-1-8(12)11(4-7)3-6-2-10-5-15-6/h2,5,7H,1,3-4H2. The second-order valence-corrected chi connectivity index (χ2v) is 7.42. The van der Waals surface area contributed by atoms with E-state index in [9.17, 15) is 13.2 Å². The van der Waals surface area contributed by atoms with Crippen molar-refractivity contribution in [1.29, 1.82) is 0 Å². The van der Waals surface area contributed by atoms with Crippen molar-refractivity contribution in [2.75, 3.05) is 6.54 Å². The van der Waals surface area contributed by atoms with Gasteiger partial charge in [-0.05, 0) is 0 Å². The summed E-state index contributed by atoms with van der Waals surface area (Å²) in [5, 5.41) is -0.783. The minimum Gasteiger partial charge on any atom is -0.336 e. The zero-order valence-corrected chi connectivity index (χ0v) is 10.6. The lowest BCUT2D eigenvalue weighted by atomic mass is 10.4. The average Bonchev–Trinajstić information content (AvgIpc) is 2.76. The summed E-state index contributed by atoms with van der Waals surface area (Å²) in [7, 11) is 1.59. The van der Waals surface area contributed by atoms with E-state index in [0.717, 1.165) is 4.88 Å². The van der Waals surface area contributed by atoms with Crippen molar-refractivity contribution >= 4 is 37.0 Å². The third-order valence-electron chi connectivity index (χ3n) is 2.41. The lowest BCUT2D eigenvalue weighted by Crippen LogP contribution is -2.26. The summed E-state index contributed by atoms with van der Waals surface area (Å²) in [4.78, 5) is 17.9.